The van der Waals surface area contributed by atoms with E-state index in [4.69, 9.17) is 5.73 Å². The molecule has 0 fully saturated rings. The van der Waals surface area contributed by atoms with E-state index in [-0.39, 0.29) is 6.04 Å². The number of hydrogen-bond donors (Lipinski definition) is 1. The Hall–Kier alpha value is -0.710. The monoisotopic (exact) mass is 282 g/mol. The average molecular weight is 283 g/mol. The van der Waals surface area contributed by atoms with E-state index in [1.807, 2.05) is 12.4 Å². The van der Waals surface area contributed by atoms with Crippen molar-refractivity contribution in [1.29, 1.82) is 0 Å². The first-order valence-electron chi connectivity index (χ1n) is 4.63. The van der Waals surface area contributed by atoms with Gasteiger partial charge < -0.3 is 5.73 Å². The van der Waals surface area contributed by atoms with Crippen molar-refractivity contribution < 1.29 is 0 Å². The van der Waals surface area contributed by atoms with Gasteiger partial charge in [-0.15, -0.1) is 11.3 Å². The highest BCUT2D eigenvalue weighted by molar-refractivity contribution is 9.10. The third-order valence-electron chi connectivity index (χ3n) is 2.22. The van der Waals surface area contributed by atoms with Gasteiger partial charge in [0.15, 0.2) is 0 Å². The maximum Gasteiger partial charge on any atom is 0.124 e. The lowest BCUT2D eigenvalue weighted by molar-refractivity contribution is 0.818. The summed E-state index contributed by atoms with van der Waals surface area (Å²) in [4.78, 5) is 5.32. The molecule has 1 aromatic carbocycles. The van der Waals surface area contributed by atoms with E-state index in [9.17, 15) is 0 Å². The standard InChI is InChI=1S/C11H11BrN2S/c1-7(13)8-2-4-9(5-3-8)10-11(12)14-6-15-10/h2-7H,13H2,1H3/t7-/m0/s1. The van der Waals surface area contributed by atoms with E-state index in [0.717, 1.165) is 15.0 Å². The molecule has 0 radical (unpaired) electrons. The summed E-state index contributed by atoms with van der Waals surface area (Å²) in [6.07, 6.45) is 0. The van der Waals surface area contributed by atoms with E-state index in [1.165, 1.54) is 5.56 Å². The van der Waals surface area contributed by atoms with Gasteiger partial charge in [0, 0.05) is 6.04 Å². The molecule has 0 aliphatic carbocycles. The van der Waals surface area contributed by atoms with Crippen LogP contribution in [0.3, 0.4) is 0 Å². The topological polar surface area (TPSA) is 38.9 Å². The number of halogens is 1. The normalized spacial score (nSPS) is 12.7. The molecule has 0 saturated carbocycles. The zero-order valence-corrected chi connectivity index (χ0v) is 10.7. The minimum absolute atomic E-state index is 0.0870. The number of rotatable bonds is 2. The lowest BCUT2D eigenvalue weighted by Crippen LogP contribution is -2.04. The molecule has 1 aromatic heterocycles. The first kappa shape index (κ1) is 10.8. The molecular formula is C11H11BrN2S. The molecule has 2 nitrogen and oxygen atoms in total. The van der Waals surface area contributed by atoms with Crippen LogP contribution in [-0.2, 0) is 0 Å². The van der Waals surface area contributed by atoms with Crippen molar-refractivity contribution in [3.63, 3.8) is 0 Å². The van der Waals surface area contributed by atoms with Gasteiger partial charge in [-0.1, -0.05) is 24.3 Å². The molecule has 4 heteroatoms. The van der Waals surface area contributed by atoms with Crippen molar-refractivity contribution in [2.75, 3.05) is 0 Å². The van der Waals surface area contributed by atoms with Gasteiger partial charge in [-0.3, -0.25) is 0 Å². The van der Waals surface area contributed by atoms with Crippen LogP contribution in [0.15, 0.2) is 34.4 Å². The second-order valence-electron chi connectivity index (χ2n) is 3.38. The zero-order valence-electron chi connectivity index (χ0n) is 8.27. The highest BCUT2D eigenvalue weighted by atomic mass is 79.9. The summed E-state index contributed by atoms with van der Waals surface area (Å²) >= 11 is 5.05. The van der Waals surface area contributed by atoms with Gasteiger partial charge in [0.05, 0.1) is 10.4 Å². The fourth-order valence-corrected chi connectivity index (χ4v) is 2.79. The fraction of sp³-hybridized carbons (Fsp3) is 0.182. The van der Waals surface area contributed by atoms with Crippen LogP contribution < -0.4 is 5.73 Å². The van der Waals surface area contributed by atoms with Crippen LogP contribution in [0.5, 0.6) is 0 Å². The van der Waals surface area contributed by atoms with Gasteiger partial charge in [-0.25, -0.2) is 4.98 Å². The van der Waals surface area contributed by atoms with Gasteiger partial charge >= 0.3 is 0 Å². The number of hydrogen-bond acceptors (Lipinski definition) is 3. The quantitative estimate of drug-likeness (QED) is 0.914. The Morgan fingerprint density at radius 1 is 1.33 bits per heavy atom. The summed E-state index contributed by atoms with van der Waals surface area (Å²) in [5, 5.41) is 0. The number of benzene rings is 1. The minimum Gasteiger partial charge on any atom is -0.324 e. The highest BCUT2D eigenvalue weighted by Crippen LogP contribution is 2.31. The Kier molecular flexibility index (Phi) is 3.19. The predicted molar refractivity (Wildman–Crippen MR) is 67.9 cm³/mol. The summed E-state index contributed by atoms with van der Waals surface area (Å²) in [6.45, 7) is 1.98. The van der Waals surface area contributed by atoms with Crippen LogP contribution in [-0.4, -0.2) is 4.98 Å². The summed E-state index contributed by atoms with van der Waals surface area (Å²) in [5.74, 6) is 0. The van der Waals surface area contributed by atoms with Crippen molar-refractivity contribution in [1.82, 2.24) is 4.98 Å². The van der Waals surface area contributed by atoms with Crippen molar-refractivity contribution in [2.24, 2.45) is 5.73 Å². The van der Waals surface area contributed by atoms with Crippen LogP contribution in [0.4, 0.5) is 0 Å². The molecule has 0 spiro atoms. The average Bonchev–Trinajstić information content (AvgIpc) is 2.65. The highest BCUT2D eigenvalue weighted by Gasteiger charge is 2.06. The van der Waals surface area contributed by atoms with Crippen LogP contribution >= 0.6 is 27.3 Å². The molecule has 2 rings (SSSR count). The maximum atomic E-state index is 5.79. The Balaban J connectivity index is 2.36. The Morgan fingerprint density at radius 2 is 2.00 bits per heavy atom. The van der Waals surface area contributed by atoms with Gasteiger partial charge in [-0.2, -0.15) is 0 Å². The SMILES string of the molecule is C[C@H](N)c1ccc(-c2scnc2Br)cc1. The molecule has 1 heterocycles. The van der Waals surface area contributed by atoms with Gasteiger partial charge in [0.25, 0.3) is 0 Å². The number of aromatic nitrogens is 1. The molecular weight excluding hydrogens is 272 g/mol. The molecule has 78 valence electrons. The van der Waals surface area contributed by atoms with Crippen molar-refractivity contribution >= 4 is 27.3 Å². The molecule has 0 bridgehead atoms. The predicted octanol–water partition coefficient (Wildman–Crippen LogP) is 3.59. The van der Waals surface area contributed by atoms with Gasteiger partial charge in [0.1, 0.15) is 4.60 Å². The Labute approximate surface area is 101 Å². The second-order valence-corrected chi connectivity index (χ2v) is 4.99. The number of thiazole rings is 1. The molecule has 15 heavy (non-hydrogen) atoms. The third-order valence-corrected chi connectivity index (χ3v) is 3.96. The molecule has 0 amide bonds. The van der Waals surface area contributed by atoms with Gasteiger partial charge in [-0.05, 0) is 34.0 Å². The van der Waals surface area contributed by atoms with E-state index in [0.29, 0.717) is 0 Å². The summed E-state index contributed by atoms with van der Waals surface area (Å²) < 4.78 is 0.904. The number of nitrogens with two attached hydrogens (primary N) is 1. The second kappa shape index (κ2) is 4.43. The summed E-state index contributed by atoms with van der Waals surface area (Å²) in [7, 11) is 0. The first-order chi connectivity index (χ1) is 7.18. The van der Waals surface area contributed by atoms with Crippen molar-refractivity contribution in [2.45, 2.75) is 13.0 Å². The van der Waals surface area contributed by atoms with Crippen molar-refractivity contribution in [3.8, 4) is 10.4 Å². The van der Waals surface area contributed by atoms with Crippen LogP contribution in [0.25, 0.3) is 10.4 Å². The minimum atomic E-state index is 0.0870. The molecule has 0 aliphatic heterocycles. The molecule has 2 aromatic rings. The first-order valence-corrected chi connectivity index (χ1v) is 6.30. The lowest BCUT2D eigenvalue weighted by atomic mass is 10.1. The van der Waals surface area contributed by atoms with Crippen molar-refractivity contribution in [3.05, 3.63) is 39.9 Å². The molecule has 1 atom stereocenters. The van der Waals surface area contributed by atoms with Crippen LogP contribution in [0.1, 0.15) is 18.5 Å². The Morgan fingerprint density at radius 3 is 2.47 bits per heavy atom. The van der Waals surface area contributed by atoms with Crippen LogP contribution in [0, 0.1) is 0 Å². The fourth-order valence-electron chi connectivity index (χ4n) is 1.36. The molecule has 0 saturated heterocycles. The number of nitrogens with zero attached hydrogens (tertiary/aromatic N) is 1. The zero-order chi connectivity index (χ0) is 10.8. The summed E-state index contributed by atoms with van der Waals surface area (Å²) in [6, 6.07) is 8.37. The van der Waals surface area contributed by atoms with Gasteiger partial charge in [0.2, 0.25) is 0 Å². The van der Waals surface area contributed by atoms with E-state index in [2.05, 4.69) is 45.2 Å². The lowest BCUT2D eigenvalue weighted by Gasteiger charge is -2.05. The maximum absolute atomic E-state index is 5.79. The molecule has 0 aliphatic rings. The van der Waals surface area contributed by atoms with E-state index in [1.54, 1.807) is 11.3 Å². The third kappa shape index (κ3) is 2.27. The smallest absolute Gasteiger partial charge is 0.124 e. The summed E-state index contributed by atoms with van der Waals surface area (Å²) in [5.41, 5.74) is 9.95. The largest absolute Gasteiger partial charge is 0.324 e. The van der Waals surface area contributed by atoms with E-state index >= 15 is 0 Å². The van der Waals surface area contributed by atoms with Crippen LogP contribution in [0.2, 0.25) is 0 Å². The Bertz CT molecular complexity index is 448. The molecule has 0 unspecified atom stereocenters. The van der Waals surface area contributed by atoms with E-state index < -0.39 is 0 Å². The molecule has 2 N–H and O–H groups in total.